The number of benzene rings is 2. The highest BCUT2D eigenvalue weighted by molar-refractivity contribution is 5.99. The van der Waals surface area contributed by atoms with E-state index in [4.69, 9.17) is 0 Å². The van der Waals surface area contributed by atoms with Crippen molar-refractivity contribution in [1.82, 2.24) is 5.43 Å². The van der Waals surface area contributed by atoms with Gasteiger partial charge in [-0.25, -0.2) is 9.82 Å². The minimum atomic E-state index is -0.339. The molecule has 0 saturated carbocycles. The third kappa shape index (κ3) is 5.37. The SMILES string of the molecule is C/C(=N/NC(=O)CC[NH+]1CCN(c2ccccc2)CC1)c1ccccc1F. The van der Waals surface area contributed by atoms with Crippen molar-refractivity contribution in [1.29, 1.82) is 0 Å². The number of hydrazone groups is 1. The van der Waals surface area contributed by atoms with Gasteiger partial charge in [-0.15, -0.1) is 0 Å². The number of nitrogens with zero attached hydrogens (tertiary/aromatic N) is 2. The van der Waals surface area contributed by atoms with Gasteiger partial charge in [0.15, 0.2) is 0 Å². The molecule has 1 aliphatic heterocycles. The van der Waals surface area contributed by atoms with E-state index in [2.05, 4.69) is 39.7 Å². The van der Waals surface area contributed by atoms with Crippen LogP contribution >= 0.6 is 0 Å². The molecule has 142 valence electrons. The van der Waals surface area contributed by atoms with Crippen molar-refractivity contribution < 1.29 is 14.1 Å². The van der Waals surface area contributed by atoms with Crippen LogP contribution in [0.15, 0.2) is 59.7 Å². The van der Waals surface area contributed by atoms with Crippen LogP contribution in [-0.2, 0) is 4.79 Å². The van der Waals surface area contributed by atoms with Gasteiger partial charge in [0.05, 0.1) is 44.9 Å². The fourth-order valence-corrected chi connectivity index (χ4v) is 3.28. The fourth-order valence-electron chi connectivity index (χ4n) is 3.28. The number of para-hydroxylation sites is 1. The molecule has 1 amide bonds. The molecule has 0 atom stereocenters. The van der Waals surface area contributed by atoms with Crippen molar-refractivity contribution in [3.05, 3.63) is 66.0 Å². The lowest BCUT2D eigenvalue weighted by Crippen LogP contribution is -3.15. The number of halogens is 1. The van der Waals surface area contributed by atoms with Gasteiger partial charge in [0.1, 0.15) is 5.82 Å². The summed E-state index contributed by atoms with van der Waals surface area (Å²) in [6, 6.07) is 16.8. The fraction of sp³-hybridized carbons (Fsp3) is 0.333. The Kier molecular flexibility index (Phi) is 6.54. The van der Waals surface area contributed by atoms with E-state index in [-0.39, 0.29) is 11.7 Å². The maximum atomic E-state index is 13.7. The highest BCUT2D eigenvalue weighted by Crippen LogP contribution is 2.12. The van der Waals surface area contributed by atoms with Gasteiger partial charge in [0.2, 0.25) is 5.91 Å². The minimum Gasteiger partial charge on any atom is -0.360 e. The molecule has 2 aromatic rings. The Balaban J connectivity index is 1.41. The van der Waals surface area contributed by atoms with E-state index in [1.54, 1.807) is 25.1 Å². The summed E-state index contributed by atoms with van der Waals surface area (Å²) < 4.78 is 13.7. The van der Waals surface area contributed by atoms with Crippen LogP contribution in [0.5, 0.6) is 0 Å². The molecule has 2 N–H and O–H groups in total. The number of carbonyl (C=O) groups excluding carboxylic acids is 1. The van der Waals surface area contributed by atoms with Crippen LogP contribution in [-0.4, -0.2) is 44.3 Å². The lowest BCUT2D eigenvalue weighted by atomic mass is 10.1. The molecule has 27 heavy (non-hydrogen) atoms. The van der Waals surface area contributed by atoms with Gasteiger partial charge in [0.25, 0.3) is 0 Å². The molecular weight excluding hydrogens is 343 g/mol. The van der Waals surface area contributed by atoms with E-state index in [1.165, 1.54) is 16.7 Å². The molecule has 0 spiro atoms. The summed E-state index contributed by atoms with van der Waals surface area (Å²) in [7, 11) is 0. The molecule has 0 aliphatic carbocycles. The average Bonchev–Trinajstić information content (AvgIpc) is 2.72. The maximum Gasteiger partial charge on any atom is 0.245 e. The number of quaternary nitrogens is 1. The Hall–Kier alpha value is -2.73. The number of amides is 1. The van der Waals surface area contributed by atoms with Crippen LogP contribution in [0.3, 0.4) is 0 Å². The Morgan fingerprint density at radius 3 is 2.48 bits per heavy atom. The lowest BCUT2D eigenvalue weighted by molar-refractivity contribution is -0.900. The molecule has 2 aromatic carbocycles. The Bertz CT molecular complexity index is 786. The molecule has 3 rings (SSSR count). The van der Waals surface area contributed by atoms with E-state index < -0.39 is 0 Å². The predicted octanol–water partition coefficient (Wildman–Crippen LogP) is 1.46. The molecule has 6 heteroatoms. The zero-order valence-corrected chi connectivity index (χ0v) is 15.6. The number of anilines is 1. The number of hydrogen-bond donors (Lipinski definition) is 2. The zero-order chi connectivity index (χ0) is 19.1. The summed E-state index contributed by atoms with van der Waals surface area (Å²) in [5.74, 6) is -0.475. The van der Waals surface area contributed by atoms with Gasteiger partial charge in [-0.1, -0.05) is 36.4 Å². The smallest absolute Gasteiger partial charge is 0.245 e. The number of rotatable bonds is 6. The van der Waals surface area contributed by atoms with Crippen molar-refractivity contribution in [3.63, 3.8) is 0 Å². The Morgan fingerprint density at radius 2 is 1.78 bits per heavy atom. The van der Waals surface area contributed by atoms with E-state index in [9.17, 15) is 9.18 Å². The van der Waals surface area contributed by atoms with Crippen molar-refractivity contribution in [2.45, 2.75) is 13.3 Å². The first kappa shape index (κ1) is 19.0. The number of hydrogen-bond acceptors (Lipinski definition) is 3. The highest BCUT2D eigenvalue weighted by atomic mass is 19.1. The second kappa shape index (κ2) is 9.28. The second-order valence-corrected chi connectivity index (χ2v) is 6.78. The molecule has 1 aliphatic rings. The number of carbonyl (C=O) groups is 1. The molecule has 0 unspecified atom stereocenters. The second-order valence-electron chi connectivity index (χ2n) is 6.78. The molecule has 0 bridgehead atoms. The van der Waals surface area contributed by atoms with Gasteiger partial charge in [-0.05, 0) is 25.1 Å². The zero-order valence-electron chi connectivity index (χ0n) is 15.6. The first-order valence-corrected chi connectivity index (χ1v) is 9.35. The summed E-state index contributed by atoms with van der Waals surface area (Å²) in [5, 5.41) is 4.03. The lowest BCUT2D eigenvalue weighted by Gasteiger charge is -2.33. The standard InChI is InChI=1S/C21H25FN4O/c1-17(19-9-5-6-10-20(19)22)23-24-21(27)11-12-25-13-15-26(16-14-25)18-7-3-2-4-8-18/h2-10H,11-16H2,1H3,(H,24,27)/p+1/b23-17-. The Labute approximate surface area is 159 Å². The maximum absolute atomic E-state index is 13.7. The molecule has 1 saturated heterocycles. The first-order valence-electron chi connectivity index (χ1n) is 9.35. The molecule has 0 radical (unpaired) electrons. The van der Waals surface area contributed by atoms with Crippen LogP contribution < -0.4 is 15.2 Å². The third-order valence-electron chi connectivity index (χ3n) is 4.91. The molecule has 1 fully saturated rings. The van der Waals surface area contributed by atoms with E-state index in [0.29, 0.717) is 17.7 Å². The predicted molar refractivity (Wildman–Crippen MR) is 106 cm³/mol. The van der Waals surface area contributed by atoms with E-state index in [0.717, 1.165) is 32.7 Å². The van der Waals surface area contributed by atoms with Crippen LogP contribution in [0.1, 0.15) is 18.9 Å². The highest BCUT2D eigenvalue weighted by Gasteiger charge is 2.20. The van der Waals surface area contributed by atoms with E-state index in [1.807, 2.05) is 6.07 Å². The average molecular weight is 369 g/mol. The molecule has 0 aromatic heterocycles. The third-order valence-corrected chi connectivity index (χ3v) is 4.91. The minimum absolute atomic E-state index is 0.135. The van der Waals surface area contributed by atoms with Crippen LogP contribution in [0.4, 0.5) is 10.1 Å². The van der Waals surface area contributed by atoms with Crippen molar-refractivity contribution in [2.24, 2.45) is 5.10 Å². The number of piperazine rings is 1. The van der Waals surface area contributed by atoms with Crippen molar-refractivity contribution >= 4 is 17.3 Å². The van der Waals surface area contributed by atoms with Crippen molar-refractivity contribution in [2.75, 3.05) is 37.6 Å². The molecule has 1 heterocycles. The normalized spacial score (nSPS) is 15.6. The molecular formula is C21H26FN4O+. The topological polar surface area (TPSA) is 49.1 Å². The van der Waals surface area contributed by atoms with Gasteiger partial charge in [-0.3, -0.25) is 4.79 Å². The first-order chi connectivity index (χ1) is 13.1. The van der Waals surface area contributed by atoms with Crippen LogP contribution in [0, 0.1) is 5.82 Å². The van der Waals surface area contributed by atoms with Gasteiger partial charge >= 0.3 is 0 Å². The Morgan fingerprint density at radius 1 is 1.11 bits per heavy atom. The summed E-state index contributed by atoms with van der Waals surface area (Å²) in [4.78, 5) is 15.9. The van der Waals surface area contributed by atoms with Gasteiger partial charge in [-0.2, -0.15) is 5.10 Å². The summed E-state index contributed by atoms with van der Waals surface area (Å²) in [6.07, 6.45) is 0.411. The van der Waals surface area contributed by atoms with Crippen molar-refractivity contribution in [3.8, 4) is 0 Å². The summed E-state index contributed by atoms with van der Waals surface area (Å²) in [5.41, 5.74) is 4.66. The van der Waals surface area contributed by atoms with E-state index >= 15 is 0 Å². The van der Waals surface area contributed by atoms with Crippen LogP contribution in [0.2, 0.25) is 0 Å². The van der Waals surface area contributed by atoms with Crippen LogP contribution in [0.25, 0.3) is 0 Å². The van der Waals surface area contributed by atoms with Gasteiger partial charge in [0, 0.05) is 11.3 Å². The number of nitrogens with one attached hydrogen (secondary N) is 2. The quantitative estimate of drug-likeness (QED) is 0.598. The summed E-state index contributed by atoms with van der Waals surface area (Å²) in [6.45, 7) is 6.48. The largest absolute Gasteiger partial charge is 0.360 e. The monoisotopic (exact) mass is 369 g/mol. The molecule has 5 nitrogen and oxygen atoms in total. The summed E-state index contributed by atoms with van der Waals surface area (Å²) >= 11 is 0. The van der Waals surface area contributed by atoms with Gasteiger partial charge < -0.3 is 9.80 Å².